The van der Waals surface area contributed by atoms with Gasteiger partial charge in [-0.25, -0.2) is 13.2 Å². The van der Waals surface area contributed by atoms with Crippen LogP contribution in [0.25, 0.3) is 0 Å². The van der Waals surface area contributed by atoms with Gasteiger partial charge in [-0.2, -0.15) is 4.31 Å². The van der Waals surface area contributed by atoms with E-state index in [0.29, 0.717) is 25.3 Å². The van der Waals surface area contributed by atoms with Crippen LogP contribution in [-0.4, -0.2) is 43.5 Å². The van der Waals surface area contributed by atoms with E-state index in [-0.39, 0.29) is 17.5 Å². The first-order chi connectivity index (χ1) is 14.1. The lowest BCUT2D eigenvalue weighted by molar-refractivity contribution is 0.0507. The summed E-state index contributed by atoms with van der Waals surface area (Å²) in [5.41, 5.74) is 0.399. The smallest absolute Gasteiger partial charge is 0.407 e. The number of ether oxygens (including phenoxy) is 2. The number of benzene rings is 2. The second kappa shape index (κ2) is 9.06. The summed E-state index contributed by atoms with van der Waals surface area (Å²) in [6.07, 6.45) is -0.00841. The minimum atomic E-state index is -3.69. The van der Waals surface area contributed by atoms with Gasteiger partial charge in [0.1, 0.15) is 18.0 Å². The van der Waals surface area contributed by atoms with E-state index in [0.717, 1.165) is 5.56 Å². The second-order valence-electron chi connectivity index (χ2n) is 8.24. The predicted octanol–water partition coefficient (Wildman–Crippen LogP) is 3.55. The molecule has 0 aliphatic carbocycles. The zero-order valence-corrected chi connectivity index (χ0v) is 18.3. The number of alkyl carbamates (subject to hydrolysis) is 1. The van der Waals surface area contributed by atoms with Gasteiger partial charge in [-0.1, -0.05) is 36.4 Å². The van der Waals surface area contributed by atoms with E-state index in [9.17, 15) is 13.2 Å². The van der Waals surface area contributed by atoms with Gasteiger partial charge in [-0.15, -0.1) is 0 Å². The van der Waals surface area contributed by atoms with Crippen LogP contribution in [0.2, 0.25) is 0 Å². The number of hydrogen-bond donors (Lipinski definition) is 1. The topological polar surface area (TPSA) is 84.9 Å². The van der Waals surface area contributed by atoms with E-state index in [2.05, 4.69) is 5.32 Å². The van der Waals surface area contributed by atoms with E-state index in [1.165, 1.54) is 10.4 Å². The van der Waals surface area contributed by atoms with E-state index in [1.807, 2.05) is 30.3 Å². The van der Waals surface area contributed by atoms with Gasteiger partial charge in [-0.05, 0) is 44.9 Å². The first kappa shape index (κ1) is 22.1. The molecule has 2 aromatic carbocycles. The second-order valence-corrected chi connectivity index (χ2v) is 10.2. The molecule has 162 valence electrons. The normalized spacial score (nSPS) is 17.5. The Labute approximate surface area is 178 Å². The zero-order chi connectivity index (χ0) is 21.8. The van der Waals surface area contributed by atoms with Crippen LogP contribution in [-0.2, 0) is 21.4 Å². The lowest BCUT2D eigenvalue weighted by Crippen LogP contribution is -2.41. The molecule has 1 aliphatic heterocycles. The van der Waals surface area contributed by atoms with Crippen molar-refractivity contribution in [1.29, 1.82) is 0 Å². The first-order valence-corrected chi connectivity index (χ1v) is 11.3. The Kier molecular flexibility index (Phi) is 6.67. The van der Waals surface area contributed by atoms with Crippen LogP contribution in [0.4, 0.5) is 4.79 Å². The van der Waals surface area contributed by atoms with Gasteiger partial charge in [-0.3, -0.25) is 0 Å². The van der Waals surface area contributed by atoms with Crippen LogP contribution in [0.5, 0.6) is 5.75 Å². The van der Waals surface area contributed by atoms with Gasteiger partial charge < -0.3 is 14.8 Å². The van der Waals surface area contributed by atoms with Crippen molar-refractivity contribution in [1.82, 2.24) is 9.62 Å². The molecule has 1 saturated heterocycles. The van der Waals surface area contributed by atoms with Crippen LogP contribution < -0.4 is 10.1 Å². The number of carbonyl (C=O) groups is 1. The Morgan fingerprint density at radius 3 is 2.57 bits per heavy atom. The fraction of sp³-hybridized carbons (Fsp3) is 0.409. The molecule has 1 aliphatic rings. The fourth-order valence-electron chi connectivity index (χ4n) is 3.15. The molecule has 30 heavy (non-hydrogen) atoms. The molecule has 0 radical (unpaired) electrons. The Bertz CT molecular complexity index is 971. The molecule has 0 saturated carbocycles. The van der Waals surface area contributed by atoms with Crippen LogP contribution in [0.3, 0.4) is 0 Å². The molecule has 0 spiro atoms. The van der Waals surface area contributed by atoms with E-state index >= 15 is 0 Å². The number of nitrogens with zero attached hydrogens (tertiary/aromatic N) is 1. The van der Waals surface area contributed by atoms with Crippen LogP contribution in [0.1, 0.15) is 32.8 Å². The largest absolute Gasteiger partial charge is 0.489 e. The zero-order valence-electron chi connectivity index (χ0n) is 17.5. The lowest BCUT2D eigenvalue weighted by Gasteiger charge is -2.22. The lowest BCUT2D eigenvalue weighted by atomic mass is 10.2. The Morgan fingerprint density at radius 2 is 1.87 bits per heavy atom. The number of hydrogen-bond acceptors (Lipinski definition) is 5. The maximum Gasteiger partial charge on any atom is 0.407 e. The standard InChI is InChI=1S/C22H28N2O5S/c1-22(2,3)29-21(25)23-18-12-13-24(15-18)30(26,27)20-11-7-10-19(14-20)28-16-17-8-5-4-6-9-17/h4-11,14,18H,12-13,15-16H2,1-3H3,(H,23,25)/t18-/m1/s1. The first-order valence-electron chi connectivity index (χ1n) is 9.90. The summed E-state index contributed by atoms with van der Waals surface area (Å²) >= 11 is 0. The molecule has 3 rings (SSSR count). The monoisotopic (exact) mass is 432 g/mol. The average Bonchev–Trinajstić information content (AvgIpc) is 3.15. The van der Waals surface area contributed by atoms with Crippen molar-refractivity contribution in [3.8, 4) is 5.75 Å². The summed E-state index contributed by atoms with van der Waals surface area (Å²) in [6.45, 7) is 6.24. The summed E-state index contributed by atoms with van der Waals surface area (Å²) in [4.78, 5) is 12.1. The molecular weight excluding hydrogens is 404 g/mol. The van der Waals surface area contributed by atoms with Crippen LogP contribution >= 0.6 is 0 Å². The molecule has 1 atom stereocenters. The summed E-state index contributed by atoms with van der Waals surface area (Å²) in [7, 11) is -3.69. The molecular formula is C22H28N2O5S. The Morgan fingerprint density at radius 1 is 1.13 bits per heavy atom. The van der Waals surface area contributed by atoms with Crippen molar-refractivity contribution in [2.75, 3.05) is 13.1 Å². The molecule has 1 N–H and O–H groups in total. The Balaban J connectivity index is 1.62. The van der Waals surface area contributed by atoms with Crippen molar-refractivity contribution < 1.29 is 22.7 Å². The third-order valence-electron chi connectivity index (χ3n) is 4.56. The summed E-state index contributed by atoms with van der Waals surface area (Å²) in [5, 5.41) is 2.75. The molecule has 8 heteroatoms. The van der Waals surface area contributed by atoms with Crippen LogP contribution in [0.15, 0.2) is 59.5 Å². The van der Waals surface area contributed by atoms with Gasteiger partial charge in [0.25, 0.3) is 0 Å². The van der Waals surface area contributed by atoms with Crippen molar-refractivity contribution in [2.45, 2.75) is 50.3 Å². The van der Waals surface area contributed by atoms with Gasteiger partial charge in [0.15, 0.2) is 0 Å². The van der Waals surface area contributed by atoms with Crippen molar-refractivity contribution in [2.24, 2.45) is 0 Å². The van der Waals surface area contributed by atoms with Gasteiger partial charge in [0.05, 0.1) is 4.90 Å². The third kappa shape index (κ3) is 5.96. The minimum absolute atomic E-state index is 0.172. The van der Waals surface area contributed by atoms with Crippen molar-refractivity contribution in [3.05, 3.63) is 60.2 Å². The fourth-order valence-corrected chi connectivity index (χ4v) is 4.69. The molecule has 0 aromatic heterocycles. The highest BCUT2D eigenvalue weighted by Gasteiger charge is 2.34. The summed E-state index contributed by atoms with van der Waals surface area (Å²) in [5.74, 6) is 0.488. The number of nitrogens with one attached hydrogen (secondary N) is 1. The highest BCUT2D eigenvalue weighted by Crippen LogP contribution is 2.25. The molecule has 1 fully saturated rings. The highest BCUT2D eigenvalue weighted by atomic mass is 32.2. The molecule has 1 amide bonds. The van der Waals surface area contributed by atoms with Crippen molar-refractivity contribution in [3.63, 3.8) is 0 Å². The molecule has 7 nitrogen and oxygen atoms in total. The summed E-state index contributed by atoms with van der Waals surface area (Å²) < 4.78 is 38.5. The number of carbonyl (C=O) groups excluding carboxylic acids is 1. The third-order valence-corrected chi connectivity index (χ3v) is 6.42. The Hall–Kier alpha value is -2.58. The van der Waals surface area contributed by atoms with Gasteiger partial charge >= 0.3 is 6.09 Å². The SMILES string of the molecule is CC(C)(C)OC(=O)N[C@@H]1CCN(S(=O)(=O)c2cccc(OCc3ccccc3)c2)C1. The quantitative estimate of drug-likeness (QED) is 0.755. The number of amides is 1. The van der Waals surface area contributed by atoms with Gasteiger partial charge in [0.2, 0.25) is 10.0 Å². The highest BCUT2D eigenvalue weighted by molar-refractivity contribution is 7.89. The summed E-state index contributed by atoms with van der Waals surface area (Å²) in [6, 6.07) is 15.9. The van der Waals surface area contributed by atoms with Crippen LogP contribution in [0, 0.1) is 0 Å². The number of sulfonamides is 1. The molecule has 2 aromatic rings. The number of rotatable bonds is 6. The average molecular weight is 433 g/mol. The van der Waals surface area contributed by atoms with Gasteiger partial charge in [0, 0.05) is 25.2 Å². The van der Waals surface area contributed by atoms with Crippen molar-refractivity contribution >= 4 is 16.1 Å². The predicted molar refractivity (Wildman–Crippen MR) is 114 cm³/mol. The maximum absolute atomic E-state index is 13.0. The molecule has 0 unspecified atom stereocenters. The molecule has 0 bridgehead atoms. The van der Waals surface area contributed by atoms with E-state index in [4.69, 9.17) is 9.47 Å². The maximum atomic E-state index is 13.0. The van der Waals surface area contributed by atoms with E-state index < -0.39 is 21.7 Å². The molecule has 1 heterocycles. The minimum Gasteiger partial charge on any atom is -0.489 e. The van der Waals surface area contributed by atoms with E-state index in [1.54, 1.807) is 39.0 Å².